The molecule has 7 rings (SSSR count). The van der Waals surface area contributed by atoms with Gasteiger partial charge in [0, 0.05) is 67.9 Å². The van der Waals surface area contributed by atoms with Crippen LogP contribution in [0.25, 0.3) is 10.9 Å². The highest BCUT2D eigenvalue weighted by Gasteiger charge is 2.44. The van der Waals surface area contributed by atoms with Crippen LogP contribution in [0.1, 0.15) is 68.7 Å². The van der Waals surface area contributed by atoms with Crippen LogP contribution in [0.5, 0.6) is 0 Å². The minimum absolute atomic E-state index is 0.0493. The number of aromatic amines is 2. The van der Waals surface area contributed by atoms with Gasteiger partial charge in [0.2, 0.25) is 53.2 Å². The highest BCUT2D eigenvalue weighted by Crippen LogP contribution is 2.26. The molecule has 4 aromatic rings. The maximum absolute atomic E-state index is 14.7. The standard InChI is InChI=1S/C49H63N15O9/c1-27-47(72)64-19-9-16-39(64)48(73)63-18-8-15-38(63)46(71)62-36(22-30-25-53-26-56-30)45(70)59-34(20-28-10-3-2-4-11-28)43(68)58-33(14-7-17-54-49(51)52)41(66)60-35(21-29-24-55-32-13-6-5-12-31(29)32)44(69)61-37(23-40(50)65)42(67)57-27/h2-6,10-13,24-27,33-39,55H,7-9,14-23H2,1H3,(H2,50,65)(H,53,56)(H,57,67)(H,58,68)(H,59,70)(H,60,66)(H,61,69)(H,62,71)(H4,51,52,54)/t27-,33-,34+,35-,36-,37-,38-,39+/m0/s1. The molecule has 2 aromatic heterocycles. The number of aromatic nitrogens is 3. The lowest BCUT2D eigenvalue weighted by Gasteiger charge is -2.33. The number of nitrogens with zero attached hydrogens (tertiary/aromatic N) is 4. The number of aliphatic imine (C=N–C) groups is 1. The summed E-state index contributed by atoms with van der Waals surface area (Å²) in [6.07, 6.45) is 5.02. The molecule has 0 bridgehead atoms. The zero-order valence-corrected chi connectivity index (χ0v) is 40.4. The molecule has 388 valence electrons. The van der Waals surface area contributed by atoms with E-state index in [0.717, 1.165) is 10.9 Å². The van der Waals surface area contributed by atoms with Crippen LogP contribution >= 0.6 is 0 Å². The number of H-pyrrole nitrogens is 2. The monoisotopic (exact) mass is 1010 g/mol. The van der Waals surface area contributed by atoms with Crippen molar-refractivity contribution in [3.63, 3.8) is 0 Å². The van der Waals surface area contributed by atoms with Gasteiger partial charge >= 0.3 is 0 Å². The van der Waals surface area contributed by atoms with E-state index >= 15 is 0 Å². The first-order valence-corrected chi connectivity index (χ1v) is 24.4. The van der Waals surface area contributed by atoms with E-state index in [-0.39, 0.29) is 70.5 Å². The highest BCUT2D eigenvalue weighted by atomic mass is 16.2. The van der Waals surface area contributed by atoms with Gasteiger partial charge in [0.25, 0.3) is 0 Å². The van der Waals surface area contributed by atoms with Crippen LogP contribution in [0.2, 0.25) is 0 Å². The number of rotatable bonds is 12. The molecule has 0 saturated carbocycles. The molecule has 24 heteroatoms. The first-order valence-electron chi connectivity index (χ1n) is 24.4. The Bertz CT molecular complexity index is 2690. The van der Waals surface area contributed by atoms with Crippen molar-refractivity contribution in [2.75, 3.05) is 19.6 Å². The van der Waals surface area contributed by atoms with Crippen molar-refractivity contribution in [2.24, 2.45) is 22.2 Å². The predicted octanol–water partition coefficient (Wildman–Crippen LogP) is -2.23. The molecule has 14 N–H and O–H groups in total. The first kappa shape index (κ1) is 52.5. The van der Waals surface area contributed by atoms with Crippen molar-refractivity contribution >= 4 is 70.0 Å². The minimum Gasteiger partial charge on any atom is -0.370 e. The molecule has 0 radical (unpaired) electrons. The maximum atomic E-state index is 14.7. The number of hydrogen-bond donors (Lipinski definition) is 11. The fraction of sp³-hybridized carbons (Fsp3) is 0.449. The molecule has 5 heterocycles. The number of hydrogen-bond acceptors (Lipinski definition) is 11. The average molecular weight is 1010 g/mol. The zero-order valence-electron chi connectivity index (χ0n) is 40.4. The molecule has 0 unspecified atom stereocenters. The first-order chi connectivity index (χ1) is 35.1. The Morgan fingerprint density at radius 1 is 0.644 bits per heavy atom. The van der Waals surface area contributed by atoms with E-state index in [1.807, 2.05) is 18.2 Å². The molecule has 3 aliphatic heterocycles. The Morgan fingerprint density at radius 3 is 1.89 bits per heavy atom. The molecular formula is C49H63N15O9. The lowest BCUT2D eigenvalue weighted by Crippen LogP contribution is -2.61. The molecular weight excluding hydrogens is 943 g/mol. The van der Waals surface area contributed by atoms with E-state index in [1.165, 1.54) is 29.2 Å². The summed E-state index contributed by atoms with van der Waals surface area (Å²) >= 11 is 0. The second-order valence-corrected chi connectivity index (χ2v) is 18.6. The number of carbonyl (C=O) groups is 9. The average Bonchev–Trinajstić information content (AvgIpc) is 4.22. The van der Waals surface area contributed by atoms with Crippen LogP contribution in [0.15, 0.2) is 78.3 Å². The summed E-state index contributed by atoms with van der Waals surface area (Å²) in [6.45, 7) is 1.80. The summed E-state index contributed by atoms with van der Waals surface area (Å²) in [6, 6.07) is 5.57. The van der Waals surface area contributed by atoms with Gasteiger partial charge in [0.1, 0.15) is 48.3 Å². The van der Waals surface area contributed by atoms with Crippen LogP contribution < -0.4 is 49.1 Å². The zero-order chi connectivity index (χ0) is 52.2. The molecule has 8 atom stereocenters. The highest BCUT2D eigenvalue weighted by molar-refractivity contribution is 6.00. The summed E-state index contributed by atoms with van der Waals surface area (Å²) in [5.74, 6) is -7.18. The van der Waals surface area contributed by atoms with Crippen molar-refractivity contribution in [3.8, 4) is 0 Å². The molecule has 3 saturated heterocycles. The van der Waals surface area contributed by atoms with Gasteiger partial charge in [-0.05, 0) is 62.6 Å². The fourth-order valence-electron chi connectivity index (χ4n) is 9.56. The lowest BCUT2D eigenvalue weighted by atomic mass is 10.0. The Balaban J connectivity index is 1.28. The van der Waals surface area contributed by atoms with Crippen LogP contribution in [0, 0.1) is 0 Å². The van der Waals surface area contributed by atoms with Gasteiger partial charge in [0.05, 0.1) is 12.7 Å². The molecule has 3 fully saturated rings. The van der Waals surface area contributed by atoms with Crippen molar-refractivity contribution in [1.82, 2.24) is 56.7 Å². The van der Waals surface area contributed by atoms with E-state index in [4.69, 9.17) is 17.2 Å². The second-order valence-electron chi connectivity index (χ2n) is 18.6. The molecule has 0 spiro atoms. The Labute approximate surface area is 420 Å². The number of carbonyl (C=O) groups excluding carboxylic acids is 9. The molecule has 0 aliphatic carbocycles. The lowest BCUT2D eigenvalue weighted by molar-refractivity contribution is -0.148. The third-order valence-corrected chi connectivity index (χ3v) is 13.3. The van der Waals surface area contributed by atoms with Crippen LogP contribution in [0.3, 0.4) is 0 Å². The number of nitrogens with two attached hydrogens (primary N) is 3. The van der Waals surface area contributed by atoms with Crippen LogP contribution in [-0.2, 0) is 62.4 Å². The summed E-state index contributed by atoms with van der Waals surface area (Å²) in [4.78, 5) is 145. The summed E-state index contributed by atoms with van der Waals surface area (Å²) in [7, 11) is 0. The molecule has 3 aliphatic rings. The van der Waals surface area contributed by atoms with E-state index < -0.39 is 108 Å². The third kappa shape index (κ3) is 13.6. The summed E-state index contributed by atoms with van der Waals surface area (Å²) < 4.78 is 0. The summed E-state index contributed by atoms with van der Waals surface area (Å²) in [5, 5.41) is 17.0. The van der Waals surface area contributed by atoms with Gasteiger partial charge in [-0.25, -0.2) is 4.98 Å². The number of fused-ring (bicyclic) bond motifs is 3. The third-order valence-electron chi connectivity index (χ3n) is 13.3. The van der Waals surface area contributed by atoms with E-state index in [9.17, 15) is 43.2 Å². The number of amides is 9. The molecule has 9 amide bonds. The molecule has 24 nitrogen and oxygen atoms in total. The normalized spacial score (nSPS) is 25.1. The molecule has 73 heavy (non-hydrogen) atoms. The van der Waals surface area contributed by atoms with Gasteiger partial charge < -0.3 is 68.9 Å². The number of para-hydroxylation sites is 1. The van der Waals surface area contributed by atoms with Crippen molar-refractivity contribution in [2.45, 2.75) is 119 Å². The van der Waals surface area contributed by atoms with Crippen LogP contribution in [0.4, 0.5) is 0 Å². The van der Waals surface area contributed by atoms with E-state index in [0.29, 0.717) is 29.7 Å². The number of benzene rings is 2. The van der Waals surface area contributed by atoms with E-state index in [2.05, 4.69) is 51.8 Å². The predicted molar refractivity (Wildman–Crippen MR) is 265 cm³/mol. The van der Waals surface area contributed by atoms with E-state index in [1.54, 1.807) is 42.6 Å². The number of guanidine groups is 1. The largest absolute Gasteiger partial charge is 0.370 e. The smallest absolute Gasteiger partial charge is 0.246 e. The number of imidazole rings is 1. The second kappa shape index (κ2) is 24.2. The van der Waals surface area contributed by atoms with Crippen molar-refractivity contribution < 1.29 is 43.2 Å². The van der Waals surface area contributed by atoms with Crippen molar-refractivity contribution in [3.05, 3.63) is 90.1 Å². The van der Waals surface area contributed by atoms with Gasteiger partial charge in [-0.1, -0.05) is 48.5 Å². The topological polar surface area (TPSA) is 367 Å². The maximum Gasteiger partial charge on any atom is 0.246 e. The van der Waals surface area contributed by atoms with Gasteiger partial charge in [-0.2, -0.15) is 0 Å². The van der Waals surface area contributed by atoms with Crippen molar-refractivity contribution in [1.29, 1.82) is 0 Å². The number of nitrogens with one attached hydrogen (secondary N) is 8. The Kier molecular flexibility index (Phi) is 17.4. The minimum atomic E-state index is -1.64. The fourth-order valence-corrected chi connectivity index (χ4v) is 9.56. The number of primary amides is 1. The quantitative estimate of drug-likeness (QED) is 0.0408. The SMILES string of the molecule is C[C@@H]1NC(=O)[C@H](CC(N)=O)NC(=O)[C@H](Cc2c[nH]c3ccccc23)NC(=O)[C@H](CCCN=C(N)N)NC(=O)[C@@H](Cc2ccccc2)NC(=O)[C@H](Cc2cnc[nH]2)NC(=O)[C@@H]2CCCN2C(=O)[C@H]2CCCN2C1=O. The Morgan fingerprint density at radius 2 is 1.22 bits per heavy atom. The van der Waals surface area contributed by atoms with Gasteiger partial charge in [-0.15, -0.1) is 0 Å². The Hall–Kier alpha value is -8.31. The molecule has 2 aromatic carbocycles. The van der Waals surface area contributed by atoms with Crippen LogP contribution in [-0.4, -0.2) is 152 Å². The summed E-state index contributed by atoms with van der Waals surface area (Å²) in [5.41, 5.74) is 19.2. The van der Waals surface area contributed by atoms with Gasteiger partial charge in [0.15, 0.2) is 5.96 Å². The van der Waals surface area contributed by atoms with Gasteiger partial charge in [-0.3, -0.25) is 48.1 Å².